The second-order valence-corrected chi connectivity index (χ2v) is 6.09. The Hall–Kier alpha value is -0.810. The molecule has 1 N–H and O–H groups in total. The van der Waals surface area contributed by atoms with E-state index in [0.29, 0.717) is 23.3 Å². The van der Waals surface area contributed by atoms with Crippen LogP contribution in [0.25, 0.3) is 0 Å². The van der Waals surface area contributed by atoms with Crippen molar-refractivity contribution in [3.63, 3.8) is 0 Å². The molecule has 4 saturated carbocycles. The molecule has 4 fully saturated rings. The van der Waals surface area contributed by atoms with Gasteiger partial charge in [-0.05, 0) is 61.7 Å². The Balaban J connectivity index is 1.82. The van der Waals surface area contributed by atoms with Crippen LogP contribution in [0.4, 0.5) is 0 Å². The average molecular weight is 217 g/mol. The number of aliphatic hydroxyl groups excluding tert-OH is 1. The van der Waals surface area contributed by atoms with Crippen LogP contribution in [0.1, 0.15) is 32.1 Å². The predicted octanol–water partition coefficient (Wildman–Crippen LogP) is 2.50. The summed E-state index contributed by atoms with van der Waals surface area (Å²) in [4.78, 5) is 0. The minimum atomic E-state index is -0.569. The zero-order valence-corrected chi connectivity index (χ0v) is 9.60. The third kappa shape index (κ3) is 1.42. The van der Waals surface area contributed by atoms with Gasteiger partial charge in [-0.3, -0.25) is 0 Å². The minimum Gasteiger partial charge on any atom is -0.387 e. The second kappa shape index (κ2) is 3.60. The van der Waals surface area contributed by atoms with E-state index in [9.17, 15) is 5.11 Å². The highest BCUT2D eigenvalue weighted by molar-refractivity contribution is 5.23. The van der Waals surface area contributed by atoms with Crippen molar-refractivity contribution in [2.24, 2.45) is 29.6 Å². The van der Waals surface area contributed by atoms with Crippen LogP contribution in [0.2, 0.25) is 0 Å². The second-order valence-electron chi connectivity index (χ2n) is 6.09. The largest absolute Gasteiger partial charge is 0.387 e. The molecule has 0 aromatic rings. The molecule has 86 valence electrons. The third-order valence-corrected chi connectivity index (χ3v) is 5.16. The Kier molecular flexibility index (Phi) is 2.33. The molecular weight excluding hydrogens is 198 g/mol. The number of nitriles is 1. The van der Waals surface area contributed by atoms with Gasteiger partial charge in [0.1, 0.15) is 0 Å². The van der Waals surface area contributed by atoms with E-state index in [4.69, 9.17) is 5.26 Å². The highest BCUT2D eigenvalue weighted by Crippen LogP contribution is 2.57. The standard InChI is InChI=1S/C14H19NO/c1-8(7-15)14(16)13-11-3-9-2-10(5-11)6-12(13)4-9/h9-14,16H,1-6H2. The molecular formula is C14H19NO. The third-order valence-electron chi connectivity index (χ3n) is 5.16. The number of rotatable bonds is 2. The van der Waals surface area contributed by atoms with Gasteiger partial charge in [0.25, 0.3) is 0 Å². The first-order chi connectivity index (χ1) is 7.69. The summed E-state index contributed by atoms with van der Waals surface area (Å²) in [6.45, 7) is 3.69. The molecule has 4 rings (SSSR count). The van der Waals surface area contributed by atoms with Crippen molar-refractivity contribution < 1.29 is 5.11 Å². The Morgan fingerprint density at radius 2 is 1.62 bits per heavy atom. The van der Waals surface area contributed by atoms with Gasteiger partial charge in [0.2, 0.25) is 0 Å². The highest BCUT2D eigenvalue weighted by Gasteiger charge is 2.50. The Morgan fingerprint density at radius 3 is 2.06 bits per heavy atom. The molecule has 1 atom stereocenters. The van der Waals surface area contributed by atoms with E-state index in [1.165, 1.54) is 32.1 Å². The average Bonchev–Trinajstić information content (AvgIpc) is 2.26. The van der Waals surface area contributed by atoms with Crippen molar-refractivity contribution in [3.8, 4) is 6.07 Å². The Labute approximate surface area is 97.0 Å². The lowest BCUT2D eigenvalue weighted by atomic mass is 9.50. The molecule has 2 heteroatoms. The molecule has 2 nitrogen and oxygen atoms in total. The van der Waals surface area contributed by atoms with Crippen LogP contribution < -0.4 is 0 Å². The van der Waals surface area contributed by atoms with Crippen molar-refractivity contribution in [1.29, 1.82) is 5.26 Å². The van der Waals surface area contributed by atoms with Gasteiger partial charge in [-0.15, -0.1) is 0 Å². The molecule has 4 bridgehead atoms. The van der Waals surface area contributed by atoms with E-state index in [-0.39, 0.29) is 0 Å². The first-order valence-corrected chi connectivity index (χ1v) is 6.46. The summed E-state index contributed by atoms with van der Waals surface area (Å²) in [7, 11) is 0. The Morgan fingerprint density at radius 1 is 1.12 bits per heavy atom. The zero-order valence-electron chi connectivity index (χ0n) is 9.60. The van der Waals surface area contributed by atoms with Crippen LogP contribution in [0.3, 0.4) is 0 Å². The lowest BCUT2D eigenvalue weighted by Crippen LogP contribution is -2.49. The molecule has 0 amide bonds. The summed E-state index contributed by atoms with van der Waals surface area (Å²) in [5.74, 6) is 3.50. The molecule has 0 aromatic carbocycles. The molecule has 0 radical (unpaired) electrons. The van der Waals surface area contributed by atoms with E-state index in [2.05, 4.69) is 6.58 Å². The smallest absolute Gasteiger partial charge is 0.0968 e. The molecule has 0 spiro atoms. The van der Waals surface area contributed by atoms with Crippen molar-refractivity contribution in [1.82, 2.24) is 0 Å². The molecule has 4 aliphatic rings. The van der Waals surface area contributed by atoms with Gasteiger partial charge >= 0.3 is 0 Å². The van der Waals surface area contributed by atoms with Gasteiger partial charge < -0.3 is 5.11 Å². The Bertz CT molecular complexity index is 326. The summed E-state index contributed by atoms with van der Waals surface area (Å²) < 4.78 is 0. The van der Waals surface area contributed by atoms with E-state index < -0.39 is 6.10 Å². The lowest BCUT2D eigenvalue weighted by Gasteiger charge is -2.55. The van der Waals surface area contributed by atoms with Crippen molar-refractivity contribution in [3.05, 3.63) is 12.2 Å². The maximum Gasteiger partial charge on any atom is 0.0968 e. The van der Waals surface area contributed by atoms with E-state index >= 15 is 0 Å². The van der Waals surface area contributed by atoms with E-state index in [1.54, 1.807) is 0 Å². The fourth-order valence-corrected chi connectivity index (χ4v) is 4.78. The molecule has 16 heavy (non-hydrogen) atoms. The summed E-state index contributed by atoms with van der Waals surface area (Å²) in [5.41, 5.74) is 0.373. The topological polar surface area (TPSA) is 44.0 Å². The molecule has 0 aromatic heterocycles. The molecule has 0 aliphatic heterocycles. The van der Waals surface area contributed by atoms with Gasteiger partial charge in [-0.25, -0.2) is 0 Å². The van der Waals surface area contributed by atoms with Gasteiger partial charge in [0, 0.05) is 0 Å². The number of aliphatic hydroxyl groups is 1. The molecule has 1 unspecified atom stereocenters. The first kappa shape index (κ1) is 10.4. The molecule has 0 saturated heterocycles. The monoisotopic (exact) mass is 217 g/mol. The van der Waals surface area contributed by atoms with Crippen LogP contribution >= 0.6 is 0 Å². The van der Waals surface area contributed by atoms with Gasteiger partial charge in [-0.1, -0.05) is 6.58 Å². The SMILES string of the molecule is C=C(C#N)C(O)C1C2CC3CC(C2)CC1C3. The fraction of sp³-hybridized carbons (Fsp3) is 0.786. The summed E-state index contributed by atoms with van der Waals surface area (Å²) >= 11 is 0. The summed E-state index contributed by atoms with van der Waals surface area (Å²) in [6.07, 6.45) is 6.00. The number of hydrogen-bond donors (Lipinski definition) is 1. The number of nitrogens with zero attached hydrogens (tertiary/aromatic N) is 1. The summed E-state index contributed by atoms with van der Waals surface area (Å²) in [5, 5.41) is 19.1. The first-order valence-electron chi connectivity index (χ1n) is 6.46. The quantitative estimate of drug-likeness (QED) is 0.722. The maximum atomic E-state index is 10.2. The van der Waals surface area contributed by atoms with Crippen LogP contribution in [0, 0.1) is 40.9 Å². The van der Waals surface area contributed by atoms with Crippen molar-refractivity contribution in [2.75, 3.05) is 0 Å². The van der Waals surface area contributed by atoms with E-state index in [0.717, 1.165) is 11.8 Å². The maximum absolute atomic E-state index is 10.2. The highest BCUT2D eigenvalue weighted by atomic mass is 16.3. The van der Waals surface area contributed by atoms with Crippen molar-refractivity contribution >= 4 is 0 Å². The van der Waals surface area contributed by atoms with Gasteiger partial charge in [0.05, 0.1) is 17.7 Å². The van der Waals surface area contributed by atoms with Gasteiger partial charge in [0.15, 0.2) is 0 Å². The van der Waals surface area contributed by atoms with Gasteiger partial charge in [-0.2, -0.15) is 5.26 Å². The van der Waals surface area contributed by atoms with E-state index in [1.807, 2.05) is 6.07 Å². The zero-order chi connectivity index (χ0) is 11.3. The van der Waals surface area contributed by atoms with Crippen molar-refractivity contribution in [2.45, 2.75) is 38.2 Å². The normalized spacial score (nSPS) is 46.4. The molecule has 4 aliphatic carbocycles. The van der Waals surface area contributed by atoms with Crippen LogP contribution in [0.5, 0.6) is 0 Å². The lowest BCUT2D eigenvalue weighted by molar-refractivity contribution is -0.0779. The minimum absolute atomic E-state index is 0.333. The van der Waals surface area contributed by atoms with Crippen LogP contribution in [-0.2, 0) is 0 Å². The van der Waals surface area contributed by atoms with Crippen LogP contribution in [-0.4, -0.2) is 11.2 Å². The number of hydrogen-bond acceptors (Lipinski definition) is 2. The van der Waals surface area contributed by atoms with Crippen LogP contribution in [0.15, 0.2) is 12.2 Å². The predicted molar refractivity (Wildman–Crippen MR) is 61.3 cm³/mol. The fourth-order valence-electron chi connectivity index (χ4n) is 4.78. The molecule has 0 heterocycles. The summed E-state index contributed by atoms with van der Waals surface area (Å²) in [6, 6.07) is 2.03.